The van der Waals surface area contributed by atoms with Crippen LogP contribution in [-0.2, 0) is 4.74 Å². The summed E-state index contributed by atoms with van der Waals surface area (Å²) in [4.78, 5) is 10.5. The highest BCUT2D eigenvalue weighted by molar-refractivity contribution is 6.30. The van der Waals surface area contributed by atoms with Gasteiger partial charge < -0.3 is 9.47 Å². The van der Waals surface area contributed by atoms with Crippen molar-refractivity contribution in [3.63, 3.8) is 0 Å². The van der Waals surface area contributed by atoms with E-state index in [2.05, 4.69) is 0 Å². The number of hydrogen-bond acceptors (Lipinski definition) is 4. The highest BCUT2D eigenvalue weighted by Gasteiger charge is 2.32. The molecule has 0 saturated heterocycles. The van der Waals surface area contributed by atoms with E-state index < -0.39 is 11.2 Å². The molecule has 1 aromatic rings. The average molecular weight is 270 g/mol. The molecule has 0 N–H and O–H groups in total. The van der Waals surface area contributed by atoms with Gasteiger partial charge >= 0.3 is 5.70 Å². The summed E-state index contributed by atoms with van der Waals surface area (Å²) in [6.45, 7) is 2.32. The molecule has 1 unspecified atom stereocenters. The molecule has 0 amide bonds. The Labute approximate surface area is 109 Å². The summed E-state index contributed by atoms with van der Waals surface area (Å²) in [5, 5.41) is 11.5. The summed E-state index contributed by atoms with van der Waals surface area (Å²) in [7, 11) is 0. The first-order valence-electron chi connectivity index (χ1n) is 5.55. The molecule has 0 spiro atoms. The topological polar surface area (TPSA) is 61.6 Å². The van der Waals surface area contributed by atoms with E-state index in [-0.39, 0.29) is 5.70 Å². The molecule has 6 heteroatoms. The van der Waals surface area contributed by atoms with E-state index >= 15 is 0 Å². The molecule has 0 fully saturated rings. The quantitative estimate of drug-likeness (QED) is 0.622. The van der Waals surface area contributed by atoms with E-state index in [4.69, 9.17) is 21.1 Å². The molecule has 1 aliphatic rings. The van der Waals surface area contributed by atoms with Crippen LogP contribution >= 0.6 is 11.6 Å². The maximum Gasteiger partial charge on any atom is 0.315 e. The highest BCUT2D eigenvalue weighted by atomic mass is 35.5. The predicted octanol–water partition coefficient (Wildman–Crippen LogP) is 3.10. The largest absolute Gasteiger partial charge is 0.453 e. The number of fused-ring (bicyclic) bond motifs is 1. The van der Waals surface area contributed by atoms with Gasteiger partial charge in [0.15, 0.2) is 0 Å². The normalized spacial score (nSPS) is 17.7. The van der Waals surface area contributed by atoms with Gasteiger partial charge in [-0.3, -0.25) is 10.1 Å². The van der Waals surface area contributed by atoms with E-state index in [0.29, 0.717) is 22.9 Å². The minimum atomic E-state index is -0.964. The molecule has 0 radical (unpaired) electrons. The highest BCUT2D eigenvalue weighted by Crippen LogP contribution is 2.32. The molecular formula is C12H12ClNO4. The first-order chi connectivity index (χ1) is 8.61. The molecule has 0 saturated carbocycles. The van der Waals surface area contributed by atoms with Crippen molar-refractivity contribution >= 4 is 17.7 Å². The average Bonchev–Trinajstić information content (AvgIpc) is 2.35. The Morgan fingerprint density at radius 3 is 3.00 bits per heavy atom. The van der Waals surface area contributed by atoms with E-state index in [1.54, 1.807) is 18.2 Å². The Kier molecular flexibility index (Phi) is 3.84. The number of ether oxygens (including phenoxy) is 2. The monoisotopic (exact) mass is 269 g/mol. The maximum absolute atomic E-state index is 11.0. The first kappa shape index (κ1) is 12.9. The third kappa shape index (κ3) is 2.63. The molecule has 0 aromatic heterocycles. The molecule has 1 atom stereocenters. The van der Waals surface area contributed by atoms with Crippen LogP contribution in [0.25, 0.3) is 6.08 Å². The molecule has 96 valence electrons. The molecule has 0 aliphatic carbocycles. The third-order valence-electron chi connectivity index (χ3n) is 2.43. The van der Waals surface area contributed by atoms with Gasteiger partial charge in [-0.25, -0.2) is 0 Å². The Morgan fingerprint density at radius 2 is 2.33 bits per heavy atom. The lowest BCUT2D eigenvalue weighted by molar-refractivity contribution is -0.444. The standard InChI is InChI=1S/C12H12ClNO4/c1-2-5-17-12-10(14(15)16)7-8-6-9(13)3-4-11(8)18-12/h3-4,6-7,12H,2,5H2,1H3. The Bertz CT molecular complexity index is 501. The summed E-state index contributed by atoms with van der Waals surface area (Å²) in [5.74, 6) is 0.533. The Balaban J connectivity index is 2.33. The molecule has 5 nitrogen and oxygen atoms in total. The van der Waals surface area contributed by atoms with E-state index in [9.17, 15) is 10.1 Å². The van der Waals surface area contributed by atoms with Crippen LogP contribution in [0, 0.1) is 10.1 Å². The van der Waals surface area contributed by atoms with Crippen LogP contribution in [0.2, 0.25) is 5.02 Å². The number of rotatable bonds is 4. The lowest BCUT2D eigenvalue weighted by atomic mass is 10.1. The summed E-state index contributed by atoms with van der Waals surface area (Å²) in [5.41, 5.74) is 0.476. The summed E-state index contributed by atoms with van der Waals surface area (Å²) in [6.07, 6.45) is 1.23. The molecule has 1 aromatic carbocycles. The fourth-order valence-electron chi connectivity index (χ4n) is 1.63. The van der Waals surface area contributed by atoms with Crippen molar-refractivity contribution in [2.45, 2.75) is 19.6 Å². The van der Waals surface area contributed by atoms with Gasteiger partial charge in [-0.05, 0) is 24.6 Å². The van der Waals surface area contributed by atoms with Crippen LogP contribution < -0.4 is 4.74 Å². The maximum atomic E-state index is 11.0. The van der Waals surface area contributed by atoms with Crippen molar-refractivity contribution in [3.05, 3.63) is 44.6 Å². The van der Waals surface area contributed by atoms with Gasteiger partial charge in [-0.15, -0.1) is 0 Å². The van der Waals surface area contributed by atoms with Gasteiger partial charge in [0.25, 0.3) is 6.29 Å². The Morgan fingerprint density at radius 1 is 1.56 bits per heavy atom. The zero-order valence-electron chi connectivity index (χ0n) is 9.76. The van der Waals surface area contributed by atoms with Gasteiger partial charge in [0.05, 0.1) is 11.5 Å². The minimum absolute atomic E-state index is 0.113. The number of hydrogen-bond donors (Lipinski definition) is 0. The second-order valence-electron chi connectivity index (χ2n) is 3.83. The van der Waals surface area contributed by atoms with Gasteiger partial charge in [0.2, 0.25) is 0 Å². The van der Waals surface area contributed by atoms with Gasteiger partial charge in [-0.2, -0.15) is 0 Å². The summed E-state index contributed by atoms with van der Waals surface area (Å²) in [6, 6.07) is 4.96. The van der Waals surface area contributed by atoms with E-state index in [1.165, 1.54) is 6.08 Å². The summed E-state index contributed by atoms with van der Waals surface area (Å²) >= 11 is 5.84. The van der Waals surface area contributed by atoms with Crippen molar-refractivity contribution in [3.8, 4) is 5.75 Å². The van der Waals surface area contributed by atoms with Crippen molar-refractivity contribution in [1.29, 1.82) is 0 Å². The number of benzene rings is 1. The molecule has 2 rings (SSSR count). The number of halogens is 1. The van der Waals surface area contributed by atoms with Gasteiger partial charge in [-0.1, -0.05) is 18.5 Å². The lowest BCUT2D eigenvalue weighted by Crippen LogP contribution is -2.30. The fraction of sp³-hybridized carbons (Fsp3) is 0.333. The molecular weight excluding hydrogens is 258 g/mol. The minimum Gasteiger partial charge on any atom is -0.453 e. The van der Waals surface area contributed by atoms with Crippen LogP contribution in [0.3, 0.4) is 0 Å². The smallest absolute Gasteiger partial charge is 0.315 e. The SMILES string of the molecule is CCCOC1Oc2ccc(Cl)cc2C=C1[N+](=O)[O-]. The lowest BCUT2D eigenvalue weighted by Gasteiger charge is -2.22. The van der Waals surface area contributed by atoms with Gasteiger partial charge in [0.1, 0.15) is 5.75 Å². The third-order valence-corrected chi connectivity index (χ3v) is 2.67. The van der Waals surface area contributed by atoms with E-state index in [1.807, 2.05) is 6.92 Å². The molecule has 1 aliphatic heterocycles. The number of nitrogens with zero attached hydrogens (tertiary/aromatic N) is 1. The summed E-state index contributed by atoms with van der Waals surface area (Å²) < 4.78 is 10.8. The second-order valence-corrected chi connectivity index (χ2v) is 4.27. The van der Waals surface area contributed by atoms with Crippen LogP contribution in [-0.4, -0.2) is 17.8 Å². The van der Waals surface area contributed by atoms with E-state index in [0.717, 1.165) is 6.42 Å². The van der Waals surface area contributed by atoms with Crippen LogP contribution in [0.5, 0.6) is 5.75 Å². The van der Waals surface area contributed by atoms with Crippen molar-refractivity contribution in [1.82, 2.24) is 0 Å². The second kappa shape index (κ2) is 5.37. The van der Waals surface area contributed by atoms with Crippen molar-refractivity contribution in [2.24, 2.45) is 0 Å². The van der Waals surface area contributed by atoms with Gasteiger partial charge in [0, 0.05) is 16.7 Å². The molecule has 18 heavy (non-hydrogen) atoms. The van der Waals surface area contributed by atoms with Crippen molar-refractivity contribution in [2.75, 3.05) is 6.61 Å². The molecule has 0 bridgehead atoms. The van der Waals surface area contributed by atoms with Crippen molar-refractivity contribution < 1.29 is 14.4 Å². The Hall–Kier alpha value is -1.59. The van der Waals surface area contributed by atoms with Crippen LogP contribution in [0.1, 0.15) is 18.9 Å². The fourth-order valence-corrected chi connectivity index (χ4v) is 1.81. The number of nitro groups is 1. The predicted molar refractivity (Wildman–Crippen MR) is 67.1 cm³/mol. The zero-order chi connectivity index (χ0) is 13.1. The van der Waals surface area contributed by atoms with Crippen LogP contribution in [0.15, 0.2) is 23.9 Å². The zero-order valence-corrected chi connectivity index (χ0v) is 10.5. The first-order valence-corrected chi connectivity index (χ1v) is 5.93. The van der Waals surface area contributed by atoms with Crippen LogP contribution in [0.4, 0.5) is 0 Å². The molecule has 1 heterocycles.